The fourth-order valence-corrected chi connectivity index (χ4v) is 4.41. The molecular formula is C13H18ClNO3S. The van der Waals surface area contributed by atoms with Gasteiger partial charge in [-0.05, 0) is 37.8 Å². The third kappa shape index (κ3) is 3.61. The molecule has 0 radical (unpaired) electrons. The van der Waals surface area contributed by atoms with Crippen molar-refractivity contribution in [2.45, 2.75) is 36.7 Å². The van der Waals surface area contributed by atoms with Crippen molar-refractivity contribution in [3.8, 4) is 0 Å². The third-order valence-electron chi connectivity index (χ3n) is 3.27. The zero-order valence-corrected chi connectivity index (χ0v) is 12.2. The molecule has 1 heterocycles. The maximum absolute atomic E-state index is 12.2. The van der Waals surface area contributed by atoms with Crippen LogP contribution < -0.4 is 5.73 Å². The van der Waals surface area contributed by atoms with E-state index < -0.39 is 9.84 Å². The van der Waals surface area contributed by atoms with E-state index in [-0.39, 0.29) is 27.5 Å². The van der Waals surface area contributed by atoms with Gasteiger partial charge in [-0.3, -0.25) is 0 Å². The molecule has 106 valence electrons. The van der Waals surface area contributed by atoms with Gasteiger partial charge in [-0.2, -0.15) is 0 Å². The van der Waals surface area contributed by atoms with Crippen LogP contribution in [-0.2, 0) is 14.6 Å². The Morgan fingerprint density at radius 1 is 1.42 bits per heavy atom. The van der Waals surface area contributed by atoms with Gasteiger partial charge in [-0.1, -0.05) is 17.7 Å². The molecule has 0 aromatic heterocycles. The largest absolute Gasteiger partial charge is 0.398 e. The highest BCUT2D eigenvalue weighted by Crippen LogP contribution is 2.29. The second kappa shape index (κ2) is 6.11. The van der Waals surface area contributed by atoms with Crippen LogP contribution in [0.4, 0.5) is 5.69 Å². The Kier molecular flexibility index (Phi) is 4.71. The highest BCUT2D eigenvalue weighted by Gasteiger charge is 2.22. The van der Waals surface area contributed by atoms with Crippen molar-refractivity contribution in [1.82, 2.24) is 0 Å². The quantitative estimate of drug-likeness (QED) is 0.849. The lowest BCUT2D eigenvalue weighted by molar-refractivity contribution is 0.104. The van der Waals surface area contributed by atoms with Gasteiger partial charge in [-0.25, -0.2) is 8.42 Å². The SMILES string of the molecule is Nc1cccc(Cl)c1S(=O)(=O)CCCC1CCCO1. The van der Waals surface area contributed by atoms with Crippen molar-refractivity contribution in [1.29, 1.82) is 0 Å². The Morgan fingerprint density at radius 2 is 2.21 bits per heavy atom. The van der Waals surface area contributed by atoms with Crippen molar-refractivity contribution in [2.24, 2.45) is 0 Å². The van der Waals surface area contributed by atoms with Gasteiger partial charge >= 0.3 is 0 Å². The number of anilines is 1. The number of benzene rings is 1. The van der Waals surface area contributed by atoms with E-state index in [0.717, 1.165) is 25.9 Å². The highest BCUT2D eigenvalue weighted by atomic mass is 35.5. The van der Waals surface area contributed by atoms with Gasteiger partial charge in [0.2, 0.25) is 0 Å². The van der Waals surface area contributed by atoms with Crippen LogP contribution in [0.3, 0.4) is 0 Å². The summed E-state index contributed by atoms with van der Waals surface area (Å²) in [5, 5.41) is 0.192. The van der Waals surface area contributed by atoms with Crippen molar-refractivity contribution in [2.75, 3.05) is 18.1 Å². The lowest BCUT2D eigenvalue weighted by Crippen LogP contribution is -2.13. The van der Waals surface area contributed by atoms with Crippen LogP contribution in [0.5, 0.6) is 0 Å². The predicted molar refractivity (Wildman–Crippen MR) is 76.1 cm³/mol. The second-order valence-corrected chi connectivity index (χ2v) is 7.21. The number of hydrogen-bond acceptors (Lipinski definition) is 4. The molecule has 1 unspecified atom stereocenters. The number of nitrogen functional groups attached to an aromatic ring is 1. The zero-order chi connectivity index (χ0) is 13.9. The molecular weight excluding hydrogens is 286 g/mol. The summed E-state index contributed by atoms with van der Waals surface area (Å²) in [5.41, 5.74) is 5.93. The predicted octanol–water partition coefficient (Wildman–Crippen LogP) is 2.66. The Balaban J connectivity index is 2.01. The molecule has 0 amide bonds. The van der Waals surface area contributed by atoms with Crippen LogP contribution in [0.25, 0.3) is 0 Å². The van der Waals surface area contributed by atoms with E-state index in [1.165, 1.54) is 0 Å². The Labute approximate surface area is 118 Å². The van der Waals surface area contributed by atoms with Crippen LogP contribution in [-0.4, -0.2) is 26.9 Å². The van der Waals surface area contributed by atoms with Gasteiger partial charge in [0.1, 0.15) is 4.90 Å². The molecule has 2 rings (SSSR count). The zero-order valence-electron chi connectivity index (χ0n) is 10.6. The fraction of sp³-hybridized carbons (Fsp3) is 0.538. The van der Waals surface area contributed by atoms with E-state index in [0.29, 0.717) is 6.42 Å². The summed E-state index contributed by atoms with van der Waals surface area (Å²) in [7, 11) is -3.43. The van der Waals surface area contributed by atoms with Crippen LogP contribution >= 0.6 is 11.6 Å². The van der Waals surface area contributed by atoms with E-state index in [1.807, 2.05) is 0 Å². The van der Waals surface area contributed by atoms with Crippen LogP contribution in [0.2, 0.25) is 5.02 Å². The van der Waals surface area contributed by atoms with Crippen LogP contribution in [0.1, 0.15) is 25.7 Å². The topological polar surface area (TPSA) is 69.4 Å². The van der Waals surface area contributed by atoms with Crippen molar-refractivity contribution in [3.05, 3.63) is 23.2 Å². The minimum atomic E-state index is -3.43. The standard InChI is InChI=1S/C13H18ClNO3S/c14-11-6-1-7-12(15)13(11)19(16,17)9-3-5-10-4-2-8-18-10/h1,6-7,10H,2-5,8-9,15H2. The number of rotatable bonds is 5. The Morgan fingerprint density at radius 3 is 2.84 bits per heavy atom. The van der Waals surface area contributed by atoms with Gasteiger partial charge in [0.25, 0.3) is 0 Å². The molecule has 0 saturated carbocycles. The Hall–Kier alpha value is -0.780. The van der Waals surface area contributed by atoms with Gasteiger partial charge in [-0.15, -0.1) is 0 Å². The first-order chi connectivity index (χ1) is 9.00. The molecule has 19 heavy (non-hydrogen) atoms. The number of halogens is 1. The van der Waals surface area contributed by atoms with Crippen molar-refractivity contribution >= 4 is 27.1 Å². The summed E-state index contributed by atoms with van der Waals surface area (Å²) in [5.74, 6) is 0.0563. The van der Waals surface area contributed by atoms with Crippen LogP contribution in [0.15, 0.2) is 23.1 Å². The first-order valence-electron chi connectivity index (χ1n) is 6.39. The van der Waals surface area contributed by atoms with Gasteiger partial charge in [0.15, 0.2) is 9.84 Å². The van der Waals surface area contributed by atoms with Crippen molar-refractivity contribution < 1.29 is 13.2 Å². The van der Waals surface area contributed by atoms with E-state index in [2.05, 4.69) is 0 Å². The molecule has 2 N–H and O–H groups in total. The molecule has 1 aromatic carbocycles. The second-order valence-electron chi connectivity index (χ2n) is 4.75. The molecule has 1 saturated heterocycles. The molecule has 4 nitrogen and oxygen atoms in total. The summed E-state index contributed by atoms with van der Waals surface area (Å²) in [4.78, 5) is 0.0593. The fourth-order valence-electron chi connectivity index (χ4n) is 2.33. The molecule has 6 heteroatoms. The molecule has 1 aromatic rings. The number of hydrogen-bond donors (Lipinski definition) is 1. The molecule has 1 atom stereocenters. The van der Waals surface area contributed by atoms with E-state index in [1.54, 1.807) is 18.2 Å². The van der Waals surface area contributed by atoms with E-state index in [9.17, 15) is 8.42 Å². The first-order valence-corrected chi connectivity index (χ1v) is 8.42. The summed E-state index contributed by atoms with van der Waals surface area (Å²) in [6, 6.07) is 4.74. The monoisotopic (exact) mass is 303 g/mol. The first kappa shape index (κ1) is 14.6. The average molecular weight is 304 g/mol. The number of ether oxygens (including phenoxy) is 1. The van der Waals surface area contributed by atoms with Gasteiger partial charge in [0.05, 0.1) is 22.6 Å². The van der Waals surface area contributed by atoms with Crippen molar-refractivity contribution in [3.63, 3.8) is 0 Å². The lowest BCUT2D eigenvalue weighted by atomic mass is 10.1. The molecule has 0 bridgehead atoms. The number of nitrogens with two attached hydrogens (primary N) is 1. The molecule has 1 fully saturated rings. The smallest absolute Gasteiger partial charge is 0.181 e. The summed E-state index contributed by atoms with van der Waals surface area (Å²) >= 11 is 5.94. The molecule has 0 aliphatic carbocycles. The minimum Gasteiger partial charge on any atom is -0.398 e. The maximum atomic E-state index is 12.2. The molecule has 1 aliphatic rings. The van der Waals surface area contributed by atoms with Crippen LogP contribution in [0, 0.1) is 0 Å². The van der Waals surface area contributed by atoms with Gasteiger partial charge in [0, 0.05) is 6.61 Å². The van der Waals surface area contributed by atoms with Gasteiger partial charge < -0.3 is 10.5 Å². The van der Waals surface area contributed by atoms with E-state index in [4.69, 9.17) is 22.1 Å². The lowest BCUT2D eigenvalue weighted by Gasteiger charge is -2.11. The molecule has 1 aliphatic heterocycles. The average Bonchev–Trinajstić information content (AvgIpc) is 2.81. The maximum Gasteiger partial charge on any atom is 0.181 e. The van der Waals surface area contributed by atoms with E-state index >= 15 is 0 Å². The normalized spacial score (nSPS) is 19.7. The summed E-state index contributed by atoms with van der Waals surface area (Å²) < 4.78 is 30.0. The summed E-state index contributed by atoms with van der Waals surface area (Å²) in [6.07, 6.45) is 3.63. The molecule has 0 spiro atoms. The summed E-state index contributed by atoms with van der Waals surface area (Å²) in [6.45, 7) is 0.787. The minimum absolute atomic E-state index is 0.0563. The highest BCUT2D eigenvalue weighted by molar-refractivity contribution is 7.91. The Bertz CT molecular complexity index is 519. The number of sulfone groups is 1. The third-order valence-corrected chi connectivity index (χ3v) is 5.60.